The van der Waals surface area contributed by atoms with Crippen LogP contribution in [0.2, 0.25) is 5.02 Å². The van der Waals surface area contributed by atoms with E-state index in [0.717, 1.165) is 5.56 Å². The number of hydrogen-bond acceptors (Lipinski definition) is 5. The number of benzene rings is 2. The Kier molecular flexibility index (Phi) is 5.25. The van der Waals surface area contributed by atoms with Crippen molar-refractivity contribution in [2.24, 2.45) is 0 Å². The smallest absolute Gasteiger partial charge is 0.295 e. The van der Waals surface area contributed by atoms with Gasteiger partial charge in [0.15, 0.2) is 0 Å². The fourth-order valence-corrected chi connectivity index (χ4v) is 3.62. The molecule has 4 rings (SSSR count). The minimum atomic E-state index is -0.818. The standard InChI is InChI=1S/C23H17ClN2O4/c24-17-7-3-16(4-8-17)21(28)19-20(15-5-9-18(27)10-6-15)26(23(30)22(19)29)13-14-2-1-11-25-12-14/h1-12,20,27-28H,13H2/t20-/m0/s1. The van der Waals surface area contributed by atoms with Crippen molar-refractivity contribution in [2.75, 3.05) is 0 Å². The Morgan fingerprint density at radius 3 is 2.37 bits per heavy atom. The molecule has 0 spiro atoms. The third-order valence-corrected chi connectivity index (χ3v) is 5.19. The summed E-state index contributed by atoms with van der Waals surface area (Å²) >= 11 is 5.92. The summed E-state index contributed by atoms with van der Waals surface area (Å²) in [7, 11) is 0. The van der Waals surface area contributed by atoms with E-state index >= 15 is 0 Å². The number of phenols is 1. The summed E-state index contributed by atoms with van der Waals surface area (Å²) < 4.78 is 0. The number of aliphatic hydroxyl groups is 1. The fourth-order valence-electron chi connectivity index (χ4n) is 3.50. The first kappa shape index (κ1) is 19.7. The molecule has 30 heavy (non-hydrogen) atoms. The predicted octanol–water partition coefficient (Wildman–Crippen LogP) is 4.06. The fraction of sp³-hybridized carbons (Fsp3) is 0.0870. The number of ketones is 1. The number of pyridine rings is 1. The van der Waals surface area contributed by atoms with Gasteiger partial charge in [-0.2, -0.15) is 0 Å². The molecule has 2 N–H and O–H groups in total. The van der Waals surface area contributed by atoms with E-state index in [4.69, 9.17) is 11.6 Å². The van der Waals surface area contributed by atoms with Crippen molar-refractivity contribution in [1.82, 2.24) is 9.88 Å². The van der Waals surface area contributed by atoms with Crippen LogP contribution in [-0.4, -0.2) is 31.8 Å². The van der Waals surface area contributed by atoms with Gasteiger partial charge < -0.3 is 15.1 Å². The van der Waals surface area contributed by atoms with Gasteiger partial charge in [0, 0.05) is 29.5 Å². The molecule has 1 atom stereocenters. The van der Waals surface area contributed by atoms with Crippen LogP contribution in [0.15, 0.2) is 78.6 Å². The number of rotatable bonds is 4. The number of halogens is 1. The van der Waals surface area contributed by atoms with Crippen LogP contribution in [0.1, 0.15) is 22.7 Å². The highest BCUT2D eigenvalue weighted by molar-refractivity contribution is 6.46. The maximum Gasteiger partial charge on any atom is 0.295 e. The van der Waals surface area contributed by atoms with E-state index in [1.165, 1.54) is 17.0 Å². The lowest BCUT2D eigenvalue weighted by Gasteiger charge is -2.25. The minimum Gasteiger partial charge on any atom is -0.508 e. The van der Waals surface area contributed by atoms with E-state index in [2.05, 4.69) is 4.98 Å². The zero-order valence-corrected chi connectivity index (χ0v) is 16.5. The van der Waals surface area contributed by atoms with E-state index < -0.39 is 17.7 Å². The van der Waals surface area contributed by atoms with Gasteiger partial charge in [-0.25, -0.2) is 0 Å². The largest absolute Gasteiger partial charge is 0.508 e. The molecule has 2 heterocycles. The minimum absolute atomic E-state index is 0.0168. The number of amides is 1. The lowest BCUT2D eigenvalue weighted by atomic mass is 9.95. The molecule has 7 heteroatoms. The SMILES string of the molecule is O=C1C(=O)N(Cc2cccnc2)[C@@H](c2ccc(O)cc2)C1=C(O)c1ccc(Cl)cc1. The van der Waals surface area contributed by atoms with Crippen LogP contribution in [0.3, 0.4) is 0 Å². The number of hydrogen-bond donors (Lipinski definition) is 2. The van der Waals surface area contributed by atoms with E-state index in [0.29, 0.717) is 16.1 Å². The van der Waals surface area contributed by atoms with Crippen LogP contribution < -0.4 is 0 Å². The molecule has 0 saturated carbocycles. The van der Waals surface area contributed by atoms with Crippen molar-refractivity contribution >= 4 is 29.1 Å². The summed E-state index contributed by atoms with van der Waals surface area (Å²) in [6.45, 7) is 0.140. The monoisotopic (exact) mass is 420 g/mol. The Labute approximate surface area is 177 Å². The van der Waals surface area contributed by atoms with Gasteiger partial charge in [0.25, 0.3) is 11.7 Å². The molecule has 0 radical (unpaired) electrons. The highest BCUT2D eigenvalue weighted by Gasteiger charge is 2.46. The summed E-state index contributed by atoms with van der Waals surface area (Å²) in [5.41, 5.74) is 1.69. The normalized spacial score (nSPS) is 18.0. The zero-order valence-electron chi connectivity index (χ0n) is 15.7. The summed E-state index contributed by atoms with van der Waals surface area (Å²) in [4.78, 5) is 31.3. The summed E-state index contributed by atoms with van der Waals surface area (Å²) in [5.74, 6) is -1.71. The van der Waals surface area contributed by atoms with Gasteiger partial charge in [0.05, 0.1) is 11.6 Å². The van der Waals surface area contributed by atoms with Crippen molar-refractivity contribution < 1.29 is 19.8 Å². The topological polar surface area (TPSA) is 90.7 Å². The second kappa shape index (κ2) is 8.00. The molecule has 0 aliphatic carbocycles. The molecule has 1 saturated heterocycles. The van der Waals surface area contributed by atoms with Crippen LogP contribution in [-0.2, 0) is 16.1 Å². The average molecular weight is 421 g/mol. The number of nitrogens with zero attached hydrogens (tertiary/aromatic N) is 2. The highest BCUT2D eigenvalue weighted by atomic mass is 35.5. The van der Waals surface area contributed by atoms with Crippen molar-refractivity contribution in [3.05, 3.63) is 100 Å². The number of carbonyl (C=O) groups is 2. The first-order chi connectivity index (χ1) is 14.5. The quantitative estimate of drug-likeness (QED) is 0.377. The van der Waals surface area contributed by atoms with Gasteiger partial charge in [-0.05, 0) is 53.6 Å². The maximum absolute atomic E-state index is 12.9. The number of carbonyl (C=O) groups excluding carboxylic acids is 2. The van der Waals surface area contributed by atoms with Crippen LogP contribution >= 0.6 is 11.6 Å². The second-order valence-electron chi connectivity index (χ2n) is 6.89. The van der Waals surface area contributed by atoms with Crippen molar-refractivity contribution in [2.45, 2.75) is 12.6 Å². The van der Waals surface area contributed by atoms with Crippen LogP contribution in [0.5, 0.6) is 5.75 Å². The number of aromatic hydroxyl groups is 1. The molecular weight excluding hydrogens is 404 g/mol. The van der Waals surface area contributed by atoms with Crippen LogP contribution in [0, 0.1) is 0 Å². The molecular formula is C23H17ClN2O4. The van der Waals surface area contributed by atoms with Gasteiger partial charge in [-0.15, -0.1) is 0 Å². The maximum atomic E-state index is 12.9. The number of Topliss-reactive ketones (excluding diaryl/α,β-unsaturated/α-hetero) is 1. The third-order valence-electron chi connectivity index (χ3n) is 4.94. The van der Waals surface area contributed by atoms with Crippen molar-refractivity contribution in [1.29, 1.82) is 0 Å². The summed E-state index contributed by atoms with van der Waals surface area (Å²) in [5, 5.41) is 21.1. The molecule has 0 unspecified atom stereocenters. The first-order valence-corrected chi connectivity index (χ1v) is 9.55. The Bertz CT molecular complexity index is 1130. The molecule has 0 bridgehead atoms. The molecule has 3 aromatic rings. The van der Waals surface area contributed by atoms with E-state index in [1.54, 1.807) is 60.9 Å². The average Bonchev–Trinajstić information content (AvgIpc) is 3.00. The lowest BCUT2D eigenvalue weighted by Crippen LogP contribution is -2.29. The molecule has 1 amide bonds. The van der Waals surface area contributed by atoms with Crippen LogP contribution in [0.4, 0.5) is 0 Å². The molecule has 6 nitrogen and oxygen atoms in total. The van der Waals surface area contributed by atoms with Gasteiger partial charge in [-0.3, -0.25) is 14.6 Å². The number of aliphatic hydroxyl groups excluding tert-OH is 1. The number of aromatic nitrogens is 1. The highest BCUT2D eigenvalue weighted by Crippen LogP contribution is 2.40. The van der Waals surface area contributed by atoms with Gasteiger partial charge in [0.1, 0.15) is 11.5 Å². The molecule has 1 aromatic heterocycles. The second-order valence-corrected chi connectivity index (χ2v) is 7.32. The lowest BCUT2D eigenvalue weighted by molar-refractivity contribution is -0.140. The van der Waals surface area contributed by atoms with Crippen molar-refractivity contribution in [3.8, 4) is 5.75 Å². The molecule has 1 fully saturated rings. The predicted molar refractivity (Wildman–Crippen MR) is 112 cm³/mol. The summed E-state index contributed by atoms with van der Waals surface area (Å²) in [6.07, 6.45) is 3.24. The number of phenolic OH excluding ortho intramolecular Hbond substituents is 1. The van der Waals surface area contributed by atoms with Gasteiger partial charge in [-0.1, -0.05) is 29.8 Å². The Hall–Kier alpha value is -3.64. The molecule has 1 aliphatic rings. The third kappa shape index (κ3) is 3.65. The zero-order chi connectivity index (χ0) is 21.3. The van der Waals surface area contributed by atoms with Gasteiger partial charge >= 0.3 is 0 Å². The Balaban J connectivity index is 1.85. The molecule has 2 aromatic carbocycles. The molecule has 1 aliphatic heterocycles. The van der Waals surface area contributed by atoms with E-state index in [9.17, 15) is 19.8 Å². The first-order valence-electron chi connectivity index (χ1n) is 9.18. The van der Waals surface area contributed by atoms with E-state index in [-0.39, 0.29) is 23.6 Å². The summed E-state index contributed by atoms with van der Waals surface area (Å²) in [6, 6.07) is 15.3. The van der Waals surface area contributed by atoms with Crippen LogP contribution in [0.25, 0.3) is 5.76 Å². The van der Waals surface area contributed by atoms with Gasteiger partial charge in [0.2, 0.25) is 0 Å². The van der Waals surface area contributed by atoms with Crippen molar-refractivity contribution in [3.63, 3.8) is 0 Å². The number of likely N-dealkylation sites (tertiary alicyclic amines) is 1. The van der Waals surface area contributed by atoms with E-state index in [1.807, 2.05) is 0 Å². The Morgan fingerprint density at radius 2 is 1.73 bits per heavy atom. The molecule has 150 valence electrons. The Morgan fingerprint density at radius 1 is 1.03 bits per heavy atom.